The highest BCUT2D eigenvalue weighted by molar-refractivity contribution is 5.94. The van der Waals surface area contributed by atoms with Crippen molar-refractivity contribution in [2.24, 2.45) is 0 Å². The molecule has 0 fully saturated rings. The van der Waals surface area contributed by atoms with Crippen LogP contribution in [-0.2, 0) is 4.79 Å². The van der Waals surface area contributed by atoms with Crippen LogP contribution in [0.4, 0.5) is 5.82 Å². The fourth-order valence-electron chi connectivity index (χ4n) is 3.24. The number of carbonyl (C=O) groups excluding carboxylic acids is 1. The fourth-order valence-corrected chi connectivity index (χ4v) is 3.24. The zero-order chi connectivity index (χ0) is 17.4. The molecule has 1 atom stereocenters. The van der Waals surface area contributed by atoms with Crippen molar-refractivity contribution in [1.29, 1.82) is 0 Å². The predicted molar refractivity (Wildman–Crippen MR) is 96.4 cm³/mol. The summed E-state index contributed by atoms with van der Waals surface area (Å²) >= 11 is 0. The van der Waals surface area contributed by atoms with E-state index in [9.17, 15) is 4.79 Å². The van der Waals surface area contributed by atoms with E-state index in [4.69, 9.17) is 4.74 Å². The first kappa shape index (κ1) is 15.4. The highest BCUT2D eigenvalue weighted by atomic mass is 16.5. The average molecular weight is 333 g/mol. The third kappa shape index (κ3) is 2.78. The molecule has 0 radical (unpaired) electrons. The molecule has 1 aliphatic heterocycles. The molecule has 1 N–H and O–H groups in total. The quantitative estimate of drug-likeness (QED) is 0.796. The molecule has 0 aliphatic carbocycles. The summed E-state index contributed by atoms with van der Waals surface area (Å²) in [5.41, 5.74) is 4.23. The SMILES string of the molecule is COc1ccc([C@@H]2CC(=O)Nc3c2cnn3-c2ccc(C)cc2)cc1. The molecule has 126 valence electrons. The van der Waals surface area contributed by atoms with E-state index in [1.165, 1.54) is 5.56 Å². The van der Waals surface area contributed by atoms with E-state index in [0.29, 0.717) is 6.42 Å². The average Bonchev–Trinajstić information content (AvgIpc) is 3.05. The van der Waals surface area contributed by atoms with E-state index < -0.39 is 0 Å². The number of rotatable bonds is 3. The van der Waals surface area contributed by atoms with Gasteiger partial charge in [0.2, 0.25) is 5.91 Å². The molecule has 1 aromatic heterocycles. The number of amides is 1. The molecule has 5 nitrogen and oxygen atoms in total. The zero-order valence-electron chi connectivity index (χ0n) is 14.2. The summed E-state index contributed by atoms with van der Waals surface area (Å²) in [6, 6.07) is 15.9. The molecule has 0 saturated carbocycles. The van der Waals surface area contributed by atoms with Crippen LogP contribution in [0.25, 0.3) is 5.69 Å². The molecule has 0 unspecified atom stereocenters. The monoisotopic (exact) mass is 333 g/mol. The Balaban J connectivity index is 1.76. The molecule has 1 amide bonds. The van der Waals surface area contributed by atoms with Crippen LogP contribution in [0.15, 0.2) is 54.7 Å². The Hall–Kier alpha value is -3.08. The van der Waals surface area contributed by atoms with E-state index in [0.717, 1.165) is 28.4 Å². The number of nitrogens with zero attached hydrogens (tertiary/aromatic N) is 2. The minimum atomic E-state index is -0.00569. The normalized spacial score (nSPS) is 16.2. The number of ether oxygens (including phenoxy) is 1. The van der Waals surface area contributed by atoms with Gasteiger partial charge in [0.15, 0.2) is 0 Å². The van der Waals surface area contributed by atoms with Gasteiger partial charge in [-0.1, -0.05) is 29.8 Å². The Morgan fingerprint density at radius 3 is 2.52 bits per heavy atom. The van der Waals surface area contributed by atoms with E-state index in [2.05, 4.69) is 10.4 Å². The van der Waals surface area contributed by atoms with Gasteiger partial charge in [-0.05, 0) is 36.8 Å². The number of methoxy groups -OCH3 is 1. The van der Waals surface area contributed by atoms with Crippen LogP contribution in [0, 0.1) is 6.92 Å². The van der Waals surface area contributed by atoms with E-state index >= 15 is 0 Å². The first-order valence-electron chi connectivity index (χ1n) is 8.24. The van der Waals surface area contributed by atoms with Gasteiger partial charge < -0.3 is 10.1 Å². The van der Waals surface area contributed by atoms with Crippen molar-refractivity contribution >= 4 is 11.7 Å². The Bertz CT molecular complexity index is 911. The third-order valence-corrected chi connectivity index (χ3v) is 4.62. The minimum Gasteiger partial charge on any atom is -0.497 e. The number of carbonyl (C=O) groups is 1. The Morgan fingerprint density at radius 1 is 1.12 bits per heavy atom. The van der Waals surface area contributed by atoms with Crippen LogP contribution in [0.5, 0.6) is 5.75 Å². The molecule has 2 aromatic carbocycles. The summed E-state index contributed by atoms with van der Waals surface area (Å²) in [5, 5.41) is 7.50. The van der Waals surface area contributed by atoms with Gasteiger partial charge in [-0.2, -0.15) is 5.10 Å². The second-order valence-electron chi connectivity index (χ2n) is 6.27. The molecule has 0 spiro atoms. The van der Waals surface area contributed by atoms with Crippen molar-refractivity contribution in [2.45, 2.75) is 19.3 Å². The number of benzene rings is 2. The molecule has 25 heavy (non-hydrogen) atoms. The van der Waals surface area contributed by atoms with Gasteiger partial charge in [-0.15, -0.1) is 0 Å². The molecule has 1 aliphatic rings. The highest BCUT2D eigenvalue weighted by Gasteiger charge is 2.30. The number of hydrogen-bond acceptors (Lipinski definition) is 3. The van der Waals surface area contributed by atoms with Gasteiger partial charge in [0, 0.05) is 17.9 Å². The van der Waals surface area contributed by atoms with Gasteiger partial charge in [-0.25, -0.2) is 4.68 Å². The second kappa shape index (κ2) is 6.09. The maximum Gasteiger partial charge on any atom is 0.226 e. The molecule has 0 saturated heterocycles. The van der Waals surface area contributed by atoms with Crippen LogP contribution >= 0.6 is 0 Å². The number of aromatic nitrogens is 2. The van der Waals surface area contributed by atoms with E-state index in [1.807, 2.05) is 61.7 Å². The van der Waals surface area contributed by atoms with Crippen molar-refractivity contribution in [3.8, 4) is 11.4 Å². The third-order valence-electron chi connectivity index (χ3n) is 4.62. The van der Waals surface area contributed by atoms with Gasteiger partial charge in [-0.3, -0.25) is 4.79 Å². The molecular weight excluding hydrogens is 314 g/mol. The Kier molecular flexibility index (Phi) is 3.76. The maximum absolute atomic E-state index is 12.3. The summed E-state index contributed by atoms with van der Waals surface area (Å²) in [7, 11) is 1.65. The van der Waals surface area contributed by atoms with Crippen LogP contribution in [0.1, 0.15) is 29.0 Å². The lowest BCUT2D eigenvalue weighted by Gasteiger charge is -2.24. The first-order chi connectivity index (χ1) is 12.2. The van der Waals surface area contributed by atoms with E-state index in [1.54, 1.807) is 11.8 Å². The number of hydrogen-bond donors (Lipinski definition) is 1. The van der Waals surface area contributed by atoms with Crippen molar-refractivity contribution in [3.63, 3.8) is 0 Å². The van der Waals surface area contributed by atoms with Gasteiger partial charge in [0.05, 0.1) is 19.0 Å². The standard InChI is InChI=1S/C20H19N3O2/c1-13-3-7-15(8-4-13)23-20-18(12-21-23)17(11-19(24)22-20)14-5-9-16(25-2)10-6-14/h3-10,12,17H,11H2,1-2H3,(H,22,24)/t17-/m0/s1. The smallest absolute Gasteiger partial charge is 0.226 e. The lowest BCUT2D eigenvalue weighted by atomic mass is 9.87. The topological polar surface area (TPSA) is 56.1 Å². The molecule has 4 rings (SSSR count). The Labute approximate surface area is 146 Å². The predicted octanol–water partition coefficient (Wildman–Crippen LogP) is 3.66. The van der Waals surface area contributed by atoms with Crippen molar-refractivity contribution in [3.05, 3.63) is 71.4 Å². The number of anilines is 1. The second-order valence-corrected chi connectivity index (χ2v) is 6.27. The van der Waals surface area contributed by atoms with Gasteiger partial charge in [0.25, 0.3) is 0 Å². The fraction of sp³-hybridized carbons (Fsp3) is 0.200. The molecule has 0 bridgehead atoms. The number of nitrogens with one attached hydrogen (secondary N) is 1. The largest absolute Gasteiger partial charge is 0.497 e. The molecule has 3 aromatic rings. The van der Waals surface area contributed by atoms with Crippen LogP contribution in [0.3, 0.4) is 0 Å². The summed E-state index contributed by atoms with van der Waals surface area (Å²) in [4.78, 5) is 12.3. The first-order valence-corrected chi connectivity index (χ1v) is 8.24. The molecular formula is C20H19N3O2. The molecule has 5 heteroatoms. The lowest BCUT2D eigenvalue weighted by Crippen LogP contribution is -2.24. The highest BCUT2D eigenvalue weighted by Crippen LogP contribution is 2.38. The maximum atomic E-state index is 12.3. The lowest BCUT2D eigenvalue weighted by molar-refractivity contribution is -0.116. The zero-order valence-corrected chi connectivity index (χ0v) is 14.2. The summed E-state index contributed by atoms with van der Waals surface area (Å²) in [6.07, 6.45) is 2.27. The molecule has 2 heterocycles. The van der Waals surface area contributed by atoms with Crippen molar-refractivity contribution in [1.82, 2.24) is 9.78 Å². The van der Waals surface area contributed by atoms with Crippen LogP contribution in [0.2, 0.25) is 0 Å². The van der Waals surface area contributed by atoms with Crippen molar-refractivity contribution in [2.75, 3.05) is 12.4 Å². The number of fused-ring (bicyclic) bond motifs is 1. The van der Waals surface area contributed by atoms with Gasteiger partial charge in [0.1, 0.15) is 11.6 Å². The number of aryl methyl sites for hydroxylation is 1. The minimum absolute atomic E-state index is 0.00202. The summed E-state index contributed by atoms with van der Waals surface area (Å²) in [6.45, 7) is 2.05. The summed E-state index contributed by atoms with van der Waals surface area (Å²) < 4.78 is 7.02. The Morgan fingerprint density at radius 2 is 1.84 bits per heavy atom. The van der Waals surface area contributed by atoms with Gasteiger partial charge >= 0.3 is 0 Å². The van der Waals surface area contributed by atoms with Crippen molar-refractivity contribution < 1.29 is 9.53 Å². The van der Waals surface area contributed by atoms with E-state index in [-0.39, 0.29) is 11.8 Å². The van der Waals surface area contributed by atoms with Crippen LogP contribution < -0.4 is 10.1 Å². The summed E-state index contributed by atoms with van der Waals surface area (Å²) in [5.74, 6) is 1.55. The van der Waals surface area contributed by atoms with Crippen LogP contribution in [-0.4, -0.2) is 22.8 Å².